The molecule has 0 spiro atoms. The summed E-state index contributed by atoms with van der Waals surface area (Å²) in [5, 5.41) is 0. The van der Waals surface area contributed by atoms with E-state index in [1.54, 1.807) is 0 Å². The van der Waals surface area contributed by atoms with Crippen molar-refractivity contribution in [2.24, 2.45) is 0 Å². The third-order valence-corrected chi connectivity index (χ3v) is 7.95. The smallest absolute Gasteiger partial charge is 0.261 e. The monoisotopic (exact) mass is 534 g/mol. The van der Waals surface area contributed by atoms with Gasteiger partial charge in [-0.2, -0.15) is 0 Å². The lowest BCUT2D eigenvalue weighted by Gasteiger charge is -2.40. The molecule has 0 unspecified atom stereocenters. The Morgan fingerprint density at radius 2 is 0.625 bits per heavy atom. The van der Waals surface area contributed by atoms with E-state index in [0.717, 1.165) is 0 Å². The molecule has 0 atom stereocenters. The molecule has 0 saturated carbocycles. The van der Waals surface area contributed by atoms with E-state index >= 15 is 0 Å². The van der Waals surface area contributed by atoms with Crippen LogP contribution in [-0.2, 0) is 0 Å². The van der Waals surface area contributed by atoms with Crippen LogP contribution in [0, 0.1) is 23.3 Å². The highest BCUT2D eigenvalue weighted by molar-refractivity contribution is 7.00. The van der Waals surface area contributed by atoms with Crippen molar-refractivity contribution in [2.75, 3.05) is 0 Å². The molecular weight excluding hydrogens is 522 g/mol. The van der Waals surface area contributed by atoms with Crippen molar-refractivity contribution in [3.05, 3.63) is 96.1 Å². The summed E-state index contributed by atoms with van der Waals surface area (Å²) in [5.41, 5.74) is 2.93. The number of fused-ring (bicyclic) bond motifs is 10. The molecule has 0 radical (unpaired) electrons. The molecule has 0 N–H and O–H groups in total. The van der Waals surface area contributed by atoms with E-state index < -0.39 is 36.7 Å². The Morgan fingerprint density at radius 3 is 0.875 bits per heavy atom. The number of halogens is 4. The molecule has 190 valence electrons. The second kappa shape index (κ2) is 7.41. The number of rotatable bonds is 0. The molecule has 0 bridgehead atoms. The molecule has 10 heteroatoms. The van der Waals surface area contributed by atoms with Gasteiger partial charge in [-0.1, -0.05) is 0 Å². The van der Waals surface area contributed by atoms with E-state index in [0.29, 0.717) is 55.8 Å². The van der Waals surface area contributed by atoms with Crippen molar-refractivity contribution < 1.29 is 36.5 Å². The maximum atomic E-state index is 14.6. The summed E-state index contributed by atoms with van der Waals surface area (Å²) < 4.78 is 83.7. The maximum absolute atomic E-state index is 14.6. The fourth-order valence-electron chi connectivity index (χ4n) is 6.37. The zero-order valence-corrected chi connectivity index (χ0v) is 20.2. The van der Waals surface area contributed by atoms with Gasteiger partial charge in [0, 0.05) is 10.9 Å². The summed E-state index contributed by atoms with van der Waals surface area (Å²) in [5.74, 6) is 0.715. The van der Waals surface area contributed by atoms with Gasteiger partial charge in [-0.3, -0.25) is 0 Å². The van der Waals surface area contributed by atoms with Crippen LogP contribution >= 0.6 is 0 Å². The van der Waals surface area contributed by atoms with Gasteiger partial charge in [0.25, 0.3) is 13.4 Å². The van der Waals surface area contributed by atoms with Crippen molar-refractivity contribution in [3.8, 4) is 46.0 Å². The molecular formula is C30H12B2F4O4. The Balaban J connectivity index is 1.41. The average molecular weight is 534 g/mol. The first kappa shape index (κ1) is 22.0. The SMILES string of the molecule is Fc1ccc2c(c1)B1c3cc(F)ccc3Oc3c4c5c(c(c31)O2)Oc1ccc(F)cc1B5c1cc(F)ccc1O4. The van der Waals surface area contributed by atoms with Crippen LogP contribution in [0.1, 0.15) is 0 Å². The summed E-state index contributed by atoms with van der Waals surface area (Å²) in [6.45, 7) is -1.33. The van der Waals surface area contributed by atoms with Gasteiger partial charge in [0.05, 0.1) is 0 Å². The molecule has 4 aliphatic rings. The Morgan fingerprint density at radius 1 is 0.375 bits per heavy atom. The van der Waals surface area contributed by atoms with Crippen molar-refractivity contribution in [2.45, 2.75) is 0 Å². The first-order valence-corrected chi connectivity index (χ1v) is 12.6. The minimum atomic E-state index is -0.666. The van der Waals surface area contributed by atoms with Crippen LogP contribution in [0.3, 0.4) is 0 Å². The molecule has 0 aromatic heterocycles. The first-order valence-electron chi connectivity index (χ1n) is 12.6. The van der Waals surface area contributed by atoms with E-state index in [-0.39, 0.29) is 23.0 Å². The summed E-state index contributed by atoms with van der Waals surface area (Å²) >= 11 is 0. The zero-order chi connectivity index (χ0) is 26.9. The first-order chi connectivity index (χ1) is 19.4. The van der Waals surface area contributed by atoms with Gasteiger partial charge in [0.1, 0.15) is 46.3 Å². The molecule has 5 aromatic carbocycles. The Labute approximate surface area is 224 Å². The Kier molecular flexibility index (Phi) is 4.08. The van der Waals surface area contributed by atoms with Crippen LogP contribution < -0.4 is 51.7 Å². The van der Waals surface area contributed by atoms with Crippen molar-refractivity contribution in [3.63, 3.8) is 0 Å². The van der Waals surface area contributed by atoms with Gasteiger partial charge >= 0.3 is 0 Å². The van der Waals surface area contributed by atoms with Crippen molar-refractivity contribution >= 4 is 46.2 Å². The lowest BCUT2D eigenvalue weighted by molar-refractivity contribution is 0.395. The van der Waals surface area contributed by atoms with E-state index in [9.17, 15) is 17.6 Å². The zero-order valence-electron chi connectivity index (χ0n) is 20.2. The molecule has 0 amide bonds. The molecule has 9 rings (SSSR count). The fraction of sp³-hybridized carbons (Fsp3) is 0. The van der Waals surface area contributed by atoms with Gasteiger partial charge in [0.2, 0.25) is 0 Å². The highest BCUT2D eigenvalue weighted by Gasteiger charge is 2.50. The molecule has 0 fully saturated rings. The largest absolute Gasteiger partial charge is 0.454 e. The lowest BCUT2D eigenvalue weighted by Crippen LogP contribution is -2.61. The van der Waals surface area contributed by atoms with E-state index in [2.05, 4.69) is 0 Å². The van der Waals surface area contributed by atoms with Crippen molar-refractivity contribution in [1.29, 1.82) is 0 Å². The summed E-state index contributed by atoms with van der Waals surface area (Å²) in [4.78, 5) is 0. The predicted molar refractivity (Wildman–Crippen MR) is 142 cm³/mol. The van der Waals surface area contributed by atoms with Gasteiger partial charge in [0.15, 0.2) is 23.0 Å². The summed E-state index contributed by atoms with van der Waals surface area (Å²) in [6, 6.07) is 16.6. The van der Waals surface area contributed by atoms with Crippen LogP contribution in [0.2, 0.25) is 0 Å². The quantitative estimate of drug-likeness (QED) is 0.220. The topological polar surface area (TPSA) is 36.9 Å². The normalized spacial score (nSPS) is 14.2. The van der Waals surface area contributed by atoms with Crippen LogP contribution in [0.5, 0.6) is 46.0 Å². The molecule has 0 saturated heterocycles. The minimum Gasteiger partial charge on any atom is -0.454 e. The minimum absolute atomic E-state index is 0.288. The molecule has 5 aromatic rings. The van der Waals surface area contributed by atoms with Gasteiger partial charge in [-0.05, 0) is 94.6 Å². The third-order valence-electron chi connectivity index (χ3n) is 7.95. The molecule has 4 aliphatic heterocycles. The van der Waals surface area contributed by atoms with Crippen LogP contribution in [0.4, 0.5) is 17.6 Å². The van der Waals surface area contributed by atoms with Crippen LogP contribution in [-0.4, -0.2) is 13.4 Å². The van der Waals surface area contributed by atoms with Gasteiger partial charge in [-0.15, -0.1) is 0 Å². The van der Waals surface area contributed by atoms with E-state index in [4.69, 9.17) is 18.9 Å². The van der Waals surface area contributed by atoms with Crippen LogP contribution in [0.25, 0.3) is 0 Å². The molecule has 4 nitrogen and oxygen atoms in total. The number of ether oxygens (including phenoxy) is 4. The second-order valence-corrected chi connectivity index (χ2v) is 10.1. The van der Waals surface area contributed by atoms with Crippen LogP contribution in [0.15, 0.2) is 72.8 Å². The average Bonchev–Trinajstić information content (AvgIpc) is 2.95. The number of hydrogen-bond donors (Lipinski definition) is 0. The highest BCUT2D eigenvalue weighted by Crippen LogP contribution is 2.49. The van der Waals surface area contributed by atoms with Crippen molar-refractivity contribution in [1.82, 2.24) is 0 Å². The second-order valence-electron chi connectivity index (χ2n) is 10.1. The number of benzene rings is 5. The molecule has 4 heterocycles. The Hall–Kier alpha value is -4.85. The predicted octanol–water partition coefficient (Wildman–Crippen LogP) is 3.70. The summed E-state index contributed by atoms with van der Waals surface area (Å²) in [7, 11) is 0. The fourth-order valence-corrected chi connectivity index (χ4v) is 6.37. The Bertz CT molecular complexity index is 1720. The summed E-state index contributed by atoms with van der Waals surface area (Å²) in [6.07, 6.45) is 0. The lowest BCUT2D eigenvalue weighted by atomic mass is 9.32. The highest BCUT2D eigenvalue weighted by atomic mass is 19.1. The van der Waals surface area contributed by atoms with Gasteiger partial charge in [-0.25, -0.2) is 17.6 Å². The number of hydrogen-bond acceptors (Lipinski definition) is 4. The maximum Gasteiger partial charge on any atom is 0.261 e. The third kappa shape index (κ3) is 2.77. The van der Waals surface area contributed by atoms with Gasteiger partial charge < -0.3 is 18.9 Å². The molecule has 40 heavy (non-hydrogen) atoms. The molecule has 0 aliphatic carbocycles. The standard InChI is InChI=1S/C30H12B2F4O4/c33-13-1-5-21-17(9-13)31-18-10-14(34)2-6-22(18)39-29-25(31)27(37-21)28-26-30(29)40-24-8-4-16(36)12-20(24)32(26)19-11-15(35)3-7-23(19)38-28/h1-12H. The van der Waals surface area contributed by atoms with E-state index in [1.807, 2.05) is 0 Å². The van der Waals surface area contributed by atoms with E-state index in [1.165, 1.54) is 72.8 Å².